The van der Waals surface area contributed by atoms with E-state index in [1.165, 1.54) is 0 Å². The van der Waals surface area contributed by atoms with Crippen LogP contribution in [0.2, 0.25) is 0 Å². The Morgan fingerprint density at radius 2 is 1.94 bits per heavy atom. The highest BCUT2D eigenvalue weighted by atomic mass is 16.5. The SMILES string of the molecule is COCCCC(NC(=O)NC(C)(C)C)C(=O)O. The van der Waals surface area contributed by atoms with Crippen molar-refractivity contribution < 1.29 is 19.4 Å². The van der Waals surface area contributed by atoms with Gasteiger partial charge in [0.15, 0.2) is 0 Å². The molecule has 0 aromatic rings. The molecule has 1 atom stereocenters. The van der Waals surface area contributed by atoms with Crippen LogP contribution in [0.1, 0.15) is 33.6 Å². The van der Waals surface area contributed by atoms with Gasteiger partial charge in [0, 0.05) is 19.3 Å². The van der Waals surface area contributed by atoms with E-state index in [2.05, 4.69) is 10.6 Å². The van der Waals surface area contributed by atoms with Crippen LogP contribution in [0.5, 0.6) is 0 Å². The molecule has 17 heavy (non-hydrogen) atoms. The second-order valence-corrected chi connectivity index (χ2v) is 4.87. The van der Waals surface area contributed by atoms with Crippen LogP contribution >= 0.6 is 0 Å². The maximum absolute atomic E-state index is 11.5. The lowest BCUT2D eigenvalue weighted by molar-refractivity contribution is -0.139. The first kappa shape index (κ1) is 15.7. The lowest BCUT2D eigenvalue weighted by Gasteiger charge is -2.22. The van der Waals surface area contributed by atoms with Crippen molar-refractivity contribution in [3.8, 4) is 0 Å². The van der Waals surface area contributed by atoms with E-state index in [1.54, 1.807) is 7.11 Å². The molecule has 2 amide bonds. The Balaban J connectivity index is 4.16. The number of hydrogen-bond acceptors (Lipinski definition) is 3. The lowest BCUT2D eigenvalue weighted by Crippen LogP contribution is -2.51. The number of ether oxygens (including phenoxy) is 1. The molecule has 0 saturated heterocycles. The number of carbonyl (C=O) groups excluding carboxylic acids is 1. The topological polar surface area (TPSA) is 87.7 Å². The Morgan fingerprint density at radius 1 is 1.35 bits per heavy atom. The summed E-state index contributed by atoms with van der Waals surface area (Å²) in [6.07, 6.45) is 0.935. The van der Waals surface area contributed by atoms with Gasteiger partial charge in [0.25, 0.3) is 0 Å². The van der Waals surface area contributed by atoms with E-state index in [1.807, 2.05) is 20.8 Å². The summed E-state index contributed by atoms with van der Waals surface area (Å²) in [7, 11) is 1.55. The van der Waals surface area contributed by atoms with E-state index in [0.29, 0.717) is 19.4 Å². The molecule has 1 unspecified atom stereocenters. The Labute approximate surface area is 102 Å². The number of amides is 2. The molecular formula is C11H22N2O4. The highest BCUT2D eigenvalue weighted by Gasteiger charge is 2.21. The van der Waals surface area contributed by atoms with Crippen molar-refractivity contribution in [1.82, 2.24) is 10.6 Å². The van der Waals surface area contributed by atoms with Gasteiger partial charge in [0.2, 0.25) is 0 Å². The first-order valence-electron chi connectivity index (χ1n) is 5.56. The summed E-state index contributed by atoms with van der Waals surface area (Å²) in [5.41, 5.74) is -0.389. The predicted molar refractivity (Wildman–Crippen MR) is 64.0 cm³/mol. The fourth-order valence-electron chi connectivity index (χ4n) is 1.22. The van der Waals surface area contributed by atoms with Gasteiger partial charge >= 0.3 is 12.0 Å². The molecule has 0 radical (unpaired) electrons. The van der Waals surface area contributed by atoms with Crippen molar-refractivity contribution in [3.05, 3.63) is 0 Å². The third kappa shape index (κ3) is 8.50. The summed E-state index contributed by atoms with van der Waals surface area (Å²) >= 11 is 0. The molecule has 0 aliphatic heterocycles. The maximum atomic E-state index is 11.5. The van der Waals surface area contributed by atoms with Crippen molar-refractivity contribution in [2.75, 3.05) is 13.7 Å². The van der Waals surface area contributed by atoms with E-state index < -0.39 is 18.0 Å². The number of carboxylic acid groups (broad SMARTS) is 1. The smallest absolute Gasteiger partial charge is 0.326 e. The summed E-state index contributed by atoms with van der Waals surface area (Å²) in [4.78, 5) is 22.4. The highest BCUT2D eigenvalue weighted by molar-refractivity contribution is 5.82. The molecule has 0 aliphatic carbocycles. The minimum atomic E-state index is -1.04. The van der Waals surface area contributed by atoms with Gasteiger partial charge < -0.3 is 20.5 Å². The zero-order valence-electron chi connectivity index (χ0n) is 10.9. The van der Waals surface area contributed by atoms with Gasteiger partial charge in [-0.3, -0.25) is 0 Å². The molecule has 0 aromatic heterocycles. The zero-order chi connectivity index (χ0) is 13.5. The maximum Gasteiger partial charge on any atom is 0.326 e. The number of methoxy groups -OCH3 is 1. The van der Waals surface area contributed by atoms with Gasteiger partial charge in [0.1, 0.15) is 6.04 Å². The summed E-state index contributed by atoms with van der Waals surface area (Å²) in [6, 6.07) is -1.35. The predicted octanol–water partition coefficient (Wildman–Crippen LogP) is 0.964. The zero-order valence-corrected chi connectivity index (χ0v) is 10.9. The molecule has 0 bridgehead atoms. The Morgan fingerprint density at radius 3 is 2.35 bits per heavy atom. The Bertz CT molecular complexity index is 261. The van der Waals surface area contributed by atoms with Gasteiger partial charge in [-0.2, -0.15) is 0 Å². The number of urea groups is 1. The molecule has 0 aromatic carbocycles. The highest BCUT2D eigenvalue weighted by Crippen LogP contribution is 2.01. The average molecular weight is 246 g/mol. The molecule has 6 nitrogen and oxygen atoms in total. The first-order valence-corrected chi connectivity index (χ1v) is 5.56. The fraction of sp³-hybridized carbons (Fsp3) is 0.818. The quantitative estimate of drug-likeness (QED) is 0.609. The molecule has 0 spiro atoms. The molecule has 6 heteroatoms. The number of hydrogen-bond donors (Lipinski definition) is 3. The monoisotopic (exact) mass is 246 g/mol. The van der Waals surface area contributed by atoms with E-state index in [9.17, 15) is 9.59 Å². The third-order valence-corrected chi connectivity index (χ3v) is 1.93. The van der Waals surface area contributed by atoms with Crippen LogP contribution in [-0.4, -0.2) is 42.4 Å². The van der Waals surface area contributed by atoms with Crippen LogP contribution in [-0.2, 0) is 9.53 Å². The van der Waals surface area contributed by atoms with E-state index in [4.69, 9.17) is 9.84 Å². The summed E-state index contributed by atoms with van der Waals surface area (Å²) in [5.74, 6) is -1.04. The van der Waals surface area contributed by atoms with Gasteiger partial charge in [-0.15, -0.1) is 0 Å². The standard InChI is InChI=1S/C11H22N2O4/c1-11(2,3)13-10(16)12-8(9(14)15)6-5-7-17-4/h8H,5-7H2,1-4H3,(H,14,15)(H2,12,13,16). The number of carboxylic acids is 1. The molecule has 0 aliphatic rings. The normalized spacial score (nSPS) is 12.9. The van der Waals surface area contributed by atoms with E-state index >= 15 is 0 Å². The van der Waals surface area contributed by atoms with Crippen molar-refractivity contribution in [2.24, 2.45) is 0 Å². The fourth-order valence-corrected chi connectivity index (χ4v) is 1.22. The summed E-state index contributed by atoms with van der Waals surface area (Å²) < 4.78 is 4.84. The molecule has 3 N–H and O–H groups in total. The van der Waals surface area contributed by atoms with Crippen molar-refractivity contribution in [3.63, 3.8) is 0 Å². The van der Waals surface area contributed by atoms with E-state index in [-0.39, 0.29) is 5.54 Å². The third-order valence-electron chi connectivity index (χ3n) is 1.93. The second kappa shape index (κ2) is 7.11. The first-order chi connectivity index (χ1) is 7.76. The second-order valence-electron chi connectivity index (χ2n) is 4.87. The molecule has 100 valence electrons. The van der Waals surface area contributed by atoms with Crippen LogP contribution in [0.3, 0.4) is 0 Å². The molecular weight excluding hydrogens is 224 g/mol. The largest absolute Gasteiger partial charge is 0.480 e. The lowest BCUT2D eigenvalue weighted by atomic mass is 10.1. The number of aliphatic carboxylic acids is 1. The Kier molecular flexibility index (Phi) is 6.57. The van der Waals surface area contributed by atoms with Crippen molar-refractivity contribution >= 4 is 12.0 Å². The molecule has 0 rings (SSSR count). The number of carbonyl (C=O) groups is 2. The van der Waals surface area contributed by atoms with Crippen molar-refractivity contribution in [1.29, 1.82) is 0 Å². The van der Waals surface area contributed by atoms with Gasteiger partial charge in [0.05, 0.1) is 0 Å². The number of rotatable bonds is 6. The number of nitrogens with one attached hydrogen (secondary N) is 2. The van der Waals surface area contributed by atoms with Crippen LogP contribution in [0.25, 0.3) is 0 Å². The van der Waals surface area contributed by atoms with Gasteiger partial charge in [-0.05, 0) is 33.6 Å². The van der Waals surface area contributed by atoms with E-state index in [0.717, 1.165) is 0 Å². The van der Waals surface area contributed by atoms with Gasteiger partial charge in [-0.1, -0.05) is 0 Å². The molecule has 0 saturated carbocycles. The van der Waals surface area contributed by atoms with Crippen LogP contribution in [0.4, 0.5) is 4.79 Å². The van der Waals surface area contributed by atoms with Crippen LogP contribution in [0.15, 0.2) is 0 Å². The van der Waals surface area contributed by atoms with Crippen LogP contribution in [0, 0.1) is 0 Å². The minimum Gasteiger partial charge on any atom is -0.480 e. The average Bonchev–Trinajstić information content (AvgIpc) is 2.13. The van der Waals surface area contributed by atoms with Crippen LogP contribution < -0.4 is 10.6 Å². The Hall–Kier alpha value is -1.30. The minimum absolute atomic E-state index is 0.348. The summed E-state index contributed by atoms with van der Waals surface area (Å²) in [6.45, 7) is 5.96. The summed E-state index contributed by atoms with van der Waals surface area (Å²) in [5, 5.41) is 14.0. The van der Waals surface area contributed by atoms with Crippen molar-refractivity contribution in [2.45, 2.75) is 45.2 Å². The molecule has 0 heterocycles. The molecule has 0 fully saturated rings. The van der Waals surface area contributed by atoms with Gasteiger partial charge in [-0.25, -0.2) is 9.59 Å².